The maximum absolute atomic E-state index is 11.7. The molecule has 0 aromatic heterocycles. The summed E-state index contributed by atoms with van der Waals surface area (Å²) >= 11 is 5.72. The van der Waals surface area contributed by atoms with Crippen molar-refractivity contribution in [2.75, 3.05) is 17.3 Å². The number of fused-ring (bicyclic) bond motifs is 1. The number of anilines is 1. The molecule has 2 nitrogen and oxygen atoms in total. The molecule has 1 aromatic carbocycles. The maximum atomic E-state index is 11.7. The number of alkyl halides is 1. The van der Waals surface area contributed by atoms with Crippen LogP contribution in [0.5, 0.6) is 0 Å². The van der Waals surface area contributed by atoms with Crippen LogP contribution in [-0.2, 0) is 17.6 Å². The van der Waals surface area contributed by atoms with Crippen LogP contribution < -0.4 is 4.90 Å². The Kier molecular flexibility index (Phi) is 3.49. The van der Waals surface area contributed by atoms with Gasteiger partial charge in [-0.2, -0.15) is 0 Å². The minimum absolute atomic E-state index is 0.212. The van der Waals surface area contributed by atoms with E-state index in [0.29, 0.717) is 12.3 Å². The Balaban J connectivity index is 2.25. The average molecular weight is 238 g/mol. The summed E-state index contributed by atoms with van der Waals surface area (Å²) in [6, 6.07) is 6.31. The molecule has 0 unspecified atom stereocenters. The number of halogens is 1. The van der Waals surface area contributed by atoms with Crippen molar-refractivity contribution in [1.29, 1.82) is 0 Å². The zero-order valence-electron chi connectivity index (χ0n) is 9.50. The van der Waals surface area contributed by atoms with E-state index < -0.39 is 0 Å². The molecule has 0 aliphatic carbocycles. The van der Waals surface area contributed by atoms with Crippen molar-refractivity contribution in [1.82, 2.24) is 0 Å². The predicted molar refractivity (Wildman–Crippen MR) is 67.2 cm³/mol. The third-order valence-electron chi connectivity index (χ3n) is 3.03. The van der Waals surface area contributed by atoms with Gasteiger partial charge >= 0.3 is 0 Å². The van der Waals surface area contributed by atoms with Gasteiger partial charge in [-0.3, -0.25) is 4.79 Å². The van der Waals surface area contributed by atoms with Gasteiger partial charge in [-0.25, -0.2) is 0 Å². The van der Waals surface area contributed by atoms with Crippen LogP contribution in [0.25, 0.3) is 0 Å². The Hall–Kier alpha value is -1.02. The Labute approximate surface area is 101 Å². The van der Waals surface area contributed by atoms with Crippen molar-refractivity contribution >= 4 is 23.2 Å². The minimum atomic E-state index is 0.212. The number of benzene rings is 1. The lowest BCUT2D eigenvalue weighted by Crippen LogP contribution is -2.27. The SMILES string of the molecule is CCC(=O)N1CCc2cc(CCCl)ccc21. The van der Waals surface area contributed by atoms with Crippen LogP contribution in [-0.4, -0.2) is 18.3 Å². The summed E-state index contributed by atoms with van der Waals surface area (Å²) in [5, 5.41) is 0. The quantitative estimate of drug-likeness (QED) is 0.741. The van der Waals surface area contributed by atoms with Gasteiger partial charge in [0.05, 0.1) is 0 Å². The number of aryl methyl sites for hydroxylation is 1. The van der Waals surface area contributed by atoms with Crippen molar-refractivity contribution in [3.8, 4) is 0 Å². The van der Waals surface area contributed by atoms with Gasteiger partial charge in [-0.15, -0.1) is 11.6 Å². The van der Waals surface area contributed by atoms with Crippen LogP contribution in [0.2, 0.25) is 0 Å². The number of amides is 1. The van der Waals surface area contributed by atoms with Crippen LogP contribution in [0.15, 0.2) is 18.2 Å². The van der Waals surface area contributed by atoms with E-state index in [1.165, 1.54) is 11.1 Å². The molecule has 1 amide bonds. The van der Waals surface area contributed by atoms with Crippen molar-refractivity contribution in [3.63, 3.8) is 0 Å². The van der Waals surface area contributed by atoms with Crippen LogP contribution >= 0.6 is 11.6 Å². The fraction of sp³-hybridized carbons (Fsp3) is 0.462. The molecule has 0 atom stereocenters. The number of rotatable bonds is 3. The van der Waals surface area contributed by atoms with Gasteiger partial charge in [-0.05, 0) is 30.0 Å². The van der Waals surface area contributed by atoms with Gasteiger partial charge in [0.2, 0.25) is 5.91 Å². The molecule has 16 heavy (non-hydrogen) atoms. The first-order valence-electron chi connectivity index (χ1n) is 5.74. The molecule has 1 heterocycles. The van der Waals surface area contributed by atoms with Crippen molar-refractivity contribution in [2.24, 2.45) is 0 Å². The second-order valence-corrected chi connectivity index (χ2v) is 4.43. The van der Waals surface area contributed by atoms with Crippen molar-refractivity contribution in [2.45, 2.75) is 26.2 Å². The highest BCUT2D eigenvalue weighted by Crippen LogP contribution is 2.29. The molecule has 0 N–H and O–H groups in total. The van der Waals surface area contributed by atoms with E-state index in [-0.39, 0.29) is 5.91 Å². The molecule has 86 valence electrons. The Bertz CT molecular complexity index is 403. The lowest BCUT2D eigenvalue weighted by atomic mass is 10.1. The van der Waals surface area contributed by atoms with Crippen LogP contribution in [0, 0.1) is 0 Å². The lowest BCUT2D eigenvalue weighted by Gasteiger charge is -2.16. The number of carbonyl (C=O) groups is 1. The molecular formula is C13H16ClNO. The largest absolute Gasteiger partial charge is 0.312 e. The standard InChI is InChI=1S/C13H16ClNO/c1-2-13(16)15-8-6-11-9-10(5-7-14)3-4-12(11)15/h3-4,9H,2,5-8H2,1H3. The van der Waals surface area contributed by atoms with E-state index in [0.717, 1.165) is 25.1 Å². The average Bonchev–Trinajstić information content (AvgIpc) is 2.71. The molecule has 0 radical (unpaired) electrons. The second kappa shape index (κ2) is 4.88. The van der Waals surface area contributed by atoms with Gasteiger partial charge in [0.15, 0.2) is 0 Å². The third-order valence-corrected chi connectivity index (χ3v) is 3.22. The highest BCUT2D eigenvalue weighted by Gasteiger charge is 2.23. The summed E-state index contributed by atoms with van der Waals surface area (Å²) in [6.07, 6.45) is 2.44. The zero-order chi connectivity index (χ0) is 11.5. The number of carbonyl (C=O) groups excluding carboxylic acids is 1. The van der Waals surface area contributed by atoms with Gasteiger partial charge in [-0.1, -0.05) is 19.1 Å². The first kappa shape index (κ1) is 11.5. The summed E-state index contributed by atoms with van der Waals surface area (Å²) < 4.78 is 0. The molecular weight excluding hydrogens is 222 g/mol. The van der Waals surface area contributed by atoms with Gasteiger partial charge in [0.1, 0.15) is 0 Å². The highest BCUT2D eigenvalue weighted by atomic mass is 35.5. The van der Waals surface area contributed by atoms with E-state index >= 15 is 0 Å². The van der Waals surface area contributed by atoms with Gasteiger partial charge < -0.3 is 4.90 Å². The molecule has 0 fully saturated rings. The predicted octanol–water partition coefficient (Wildman–Crippen LogP) is 2.77. The summed E-state index contributed by atoms with van der Waals surface area (Å²) in [6.45, 7) is 2.73. The van der Waals surface area contributed by atoms with Crippen molar-refractivity contribution in [3.05, 3.63) is 29.3 Å². The van der Waals surface area contributed by atoms with Crippen molar-refractivity contribution < 1.29 is 4.79 Å². The topological polar surface area (TPSA) is 20.3 Å². The molecule has 0 spiro atoms. The third kappa shape index (κ3) is 2.07. The normalized spacial score (nSPS) is 14.0. The van der Waals surface area contributed by atoms with Crippen LogP contribution in [0.4, 0.5) is 5.69 Å². The Morgan fingerprint density at radius 1 is 1.50 bits per heavy atom. The number of nitrogens with zero attached hydrogens (tertiary/aromatic N) is 1. The number of hydrogen-bond acceptors (Lipinski definition) is 1. The van der Waals surface area contributed by atoms with E-state index in [1.54, 1.807) is 0 Å². The Morgan fingerprint density at radius 2 is 2.31 bits per heavy atom. The second-order valence-electron chi connectivity index (χ2n) is 4.05. The fourth-order valence-corrected chi connectivity index (χ4v) is 2.39. The molecule has 1 aromatic rings. The summed E-state index contributed by atoms with van der Waals surface area (Å²) in [7, 11) is 0. The molecule has 0 saturated heterocycles. The minimum Gasteiger partial charge on any atom is -0.312 e. The van der Waals surface area contributed by atoms with Crippen LogP contribution in [0.3, 0.4) is 0 Å². The molecule has 0 saturated carbocycles. The van der Waals surface area contributed by atoms with E-state index in [2.05, 4.69) is 18.2 Å². The fourth-order valence-electron chi connectivity index (χ4n) is 2.17. The summed E-state index contributed by atoms with van der Waals surface area (Å²) in [5.41, 5.74) is 3.63. The maximum Gasteiger partial charge on any atom is 0.226 e. The number of hydrogen-bond donors (Lipinski definition) is 0. The van der Waals surface area contributed by atoms with Crippen LogP contribution in [0.1, 0.15) is 24.5 Å². The summed E-state index contributed by atoms with van der Waals surface area (Å²) in [4.78, 5) is 13.6. The van der Waals surface area contributed by atoms with E-state index in [1.807, 2.05) is 11.8 Å². The smallest absolute Gasteiger partial charge is 0.226 e. The van der Waals surface area contributed by atoms with E-state index in [4.69, 9.17) is 11.6 Å². The lowest BCUT2D eigenvalue weighted by molar-refractivity contribution is -0.118. The highest BCUT2D eigenvalue weighted by molar-refractivity contribution is 6.18. The molecule has 0 bridgehead atoms. The molecule has 1 aliphatic heterocycles. The molecule has 2 rings (SSSR count). The first-order chi connectivity index (χ1) is 7.76. The monoisotopic (exact) mass is 237 g/mol. The molecule has 3 heteroatoms. The van der Waals surface area contributed by atoms with E-state index in [9.17, 15) is 4.79 Å². The first-order valence-corrected chi connectivity index (χ1v) is 6.28. The summed E-state index contributed by atoms with van der Waals surface area (Å²) in [5.74, 6) is 0.861. The molecule has 1 aliphatic rings. The van der Waals surface area contributed by atoms with Gasteiger partial charge in [0.25, 0.3) is 0 Å². The Morgan fingerprint density at radius 3 is 3.00 bits per heavy atom. The zero-order valence-corrected chi connectivity index (χ0v) is 10.3. The van der Waals surface area contributed by atoms with Gasteiger partial charge in [0, 0.05) is 24.5 Å².